The molecule has 0 radical (unpaired) electrons. The van der Waals surface area contributed by atoms with E-state index in [1.165, 1.54) is 10.8 Å². The lowest BCUT2D eigenvalue weighted by atomic mass is 10.0. The molecule has 4 amide bonds. The predicted molar refractivity (Wildman–Crippen MR) is 147 cm³/mol. The maximum absolute atomic E-state index is 12.1. The molecule has 0 saturated heterocycles. The van der Waals surface area contributed by atoms with E-state index in [0.29, 0.717) is 26.2 Å². The van der Waals surface area contributed by atoms with Gasteiger partial charge in [0.05, 0.1) is 0 Å². The molecule has 0 aliphatic rings. The van der Waals surface area contributed by atoms with E-state index in [2.05, 4.69) is 57.7 Å². The molecule has 0 atom stereocenters. The van der Waals surface area contributed by atoms with Gasteiger partial charge in [0, 0.05) is 26.2 Å². The molecule has 4 rings (SSSR count). The molecule has 4 aromatic rings. The molecule has 6 nitrogen and oxygen atoms in total. The molecule has 0 heterocycles. The average Bonchev–Trinajstić information content (AvgIpc) is 2.92. The van der Waals surface area contributed by atoms with Gasteiger partial charge in [0.15, 0.2) is 0 Å². The first-order valence-electron chi connectivity index (χ1n) is 12.7. The first-order chi connectivity index (χ1) is 17.7. The molecule has 0 aliphatic heterocycles. The summed E-state index contributed by atoms with van der Waals surface area (Å²) in [6.07, 6.45) is 3.83. The SMILES string of the molecule is O=C(NCCCCCCNC(=O)NCc1cccc2ccccc12)NCc1cccc2ccccc12. The van der Waals surface area contributed by atoms with Crippen molar-refractivity contribution in [2.75, 3.05) is 13.1 Å². The van der Waals surface area contributed by atoms with E-state index in [1.807, 2.05) is 48.5 Å². The molecule has 0 aromatic heterocycles. The van der Waals surface area contributed by atoms with Gasteiger partial charge in [-0.25, -0.2) is 9.59 Å². The zero-order valence-corrected chi connectivity index (χ0v) is 20.6. The number of nitrogens with one attached hydrogen (secondary N) is 4. The Kier molecular flexibility index (Phi) is 9.14. The topological polar surface area (TPSA) is 82.3 Å². The van der Waals surface area contributed by atoms with Crippen molar-refractivity contribution in [1.82, 2.24) is 21.3 Å². The summed E-state index contributed by atoms with van der Waals surface area (Å²) in [6.45, 7) is 2.28. The highest BCUT2D eigenvalue weighted by molar-refractivity contribution is 5.87. The Morgan fingerprint density at radius 1 is 0.472 bits per heavy atom. The van der Waals surface area contributed by atoms with Crippen LogP contribution >= 0.6 is 0 Å². The van der Waals surface area contributed by atoms with Crippen LogP contribution in [0.3, 0.4) is 0 Å². The zero-order chi connectivity index (χ0) is 25.0. The number of fused-ring (bicyclic) bond motifs is 2. The van der Waals surface area contributed by atoms with Crippen LogP contribution in [-0.2, 0) is 13.1 Å². The number of carbonyl (C=O) groups is 2. The fraction of sp³-hybridized carbons (Fsp3) is 0.267. The molecule has 4 aromatic carbocycles. The van der Waals surface area contributed by atoms with Crippen LogP contribution in [0.15, 0.2) is 84.9 Å². The van der Waals surface area contributed by atoms with Crippen molar-refractivity contribution < 1.29 is 9.59 Å². The van der Waals surface area contributed by atoms with Crippen molar-refractivity contribution in [2.24, 2.45) is 0 Å². The van der Waals surface area contributed by atoms with Crippen molar-refractivity contribution in [3.63, 3.8) is 0 Å². The lowest BCUT2D eigenvalue weighted by Crippen LogP contribution is -2.36. The summed E-state index contributed by atoms with van der Waals surface area (Å²) in [5.74, 6) is 0. The van der Waals surface area contributed by atoms with Crippen LogP contribution in [0.4, 0.5) is 9.59 Å². The summed E-state index contributed by atoms with van der Waals surface area (Å²) in [7, 11) is 0. The fourth-order valence-corrected chi connectivity index (χ4v) is 4.38. The number of amides is 4. The second-order valence-corrected chi connectivity index (χ2v) is 8.91. The molecule has 0 aliphatic carbocycles. The zero-order valence-electron chi connectivity index (χ0n) is 20.6. The van der Waals surface area contributed by atoms with Crippen molar-refractivity contribution in [3.8, 4) is 0 Å². The first-order valence-corrected chi connectivity index (χ1v) is 12.7. The third-order valence-electron chi connectivity index (χ3n) is 6.31. The van der Waals surface area contributed by atoms with Gasteiger partial charge in [0.2, 0.25) is 0 Å². The van der Waals surface area contributed by atoms with E-state index < -0.39 is 0 Å². The molecule has 0 spiro atoms. The standard InChI is InChI=1S/C30H34N4O2/c35-29(33-21-25-15-9-13-23-11-3-5-17-27(23)25)31-19-7-1-2-8-20-32-30(36)34-22-26-16-10-14-24-12-4-6-18-28(24)26/h3-6,9-18H,1-2,7-8,19-22H2,(H2,31,33,35)(H2,32,34,36). The van der Waals surface area contributed by atoms with Crippen LogP contribution in [0.1, 0.15) is 36.8 Å². The van der Waals surface area contributed by atoms with Crippen molar-refractivity contribution in [3.05, 3.63) is 96.1 Å². The minimum Gasteiger partial charge on any atom is -0.338 e. The molecule has 0 saturated carbocycles. The smallest absolute Gasteiger partial charge is 0.315 e. The summed E-state index contributed by atoms with van der Waals surface area (Å²) in [5, 5.41) is 16.4. The summed E-state index contributed by atoms with van der Waals surface area (Å²) in [5.41, 5.74) is 2.22. The van der Waals surface area contributed by atoms with Gasteiger partial charge in [0.25, 0.3) is 0 Å². The van der Waals surface area contributed by atoms with E-state index in [4.69, 9.17) is 0 Å². The molecular weight excluding hydrogens is 448 g/mol. The number of carbonyl (C=O) groups excluding carboxylic acids is 2. The molecule has 36 heavy (non-hydrogen) atoms. The summed E-state index contributed by atoms with van der Waals surface area (Å²) < 4.78 is 0. The van der Waals surface area contributed by atoms with Crippen LogP contribution < -0.4 is 21.3 Å². The Hall–Kier alpha value is -4.06. The first kappa shape index (κ1) is 25.0. The number of benzene rings is 4. The Morgan fingerprint density at radius 2 is 0.889 bits per heavy atom. The van der Waals surface area contributed by atoms with Crippen molar-refractivity contribution in [1.29, 1.82) is 0 Å². The van der Waals surface area contributed by atoms with Crippen molar-refractivity contribution in [2.45, 2.75) is 38.8 Å². The maximum Gasteiger partial charge on any atom is 0.315 e. The highest BCUT2D eigenvalue weighted by Gasteiger charge is 2.05. The van der Waals surface area contributed by atoms with Crippen LogP contribution in [0.5, 0.6) is 0 Å². The molecule has 6 heteroatoms. The van der Waals surface area contributed by atoms with Gasteiger partial charge < -0.3 is 21.3 Å². The van der Waals surface area contributed by atoms with Gasteiger partial charge in [-0.05, 0) is 45.5 Å². The summed E-state index contributed by atoms with van der Waals surface area (Å²) in [4.78, 5) is 24.2. The van der Waals surface area contributed by atoms with Gasteiger partial charge in [-0.15, -0.1) is 0 Å². The number of urea groups is 2. The van der Waals surface area contributed by atoms with E-state index >= 15 is 0 Å². The quantitative estimate of drug-likeness (QED) is 0.202. The highest BCUT2D eigenvalue weighted by atomic mass is 16.2. The lowest BCUT2D eigenvalue weighted by molar-refractivity contribution is 0.239. The lowest BCUT2D eigenvalue weighted by Gasteiger charge is -2.10. The Labute approximate surface area is 212 Å². The number of unbranched alkanes of at least 4 members (excludes halogenated alkanes) is 3. The number of rotatable bonds is 11. The van der Waals surface area contributed by atoms with Gasteiger partial charge in [-0.2, -0.15) is 0 Å². The predicted octanol–water partition coefficient (Wildman–Crippen LogP) is 5.85. The minimum atomic E-state index is -0.146. The second kappa shape index (κ2) is 13.1. The van der Waals surface area contributed by atoms with Gasteiger partial charge in [-0.1, -0.05) is 97.8 Å². The highest BCUT2D eigenvalue weighted by Crippen LogP contribution is 2.19. The summed E-state index contributed by atoms with van der Waals surface area (Å²) >= 11 is 0. The fourth-order valence-electron chi connectivity index (χ4n) is 4.38. The van der Waals surface area contributed by atoms with Crippen molar-refractivity contribution >= 4 is 33.6 Å². The third kappa shape index (κ3) is 7.22. The van der Waals surface area contributed by atoms with Crippen LogP contribution in [-0.4, -0.2) is 25.2 Å². The van der Waals surface area contributed by atoms with Gasteiger partial charge in [0.1, 0.15) is 0 Å². The van der Waals surface area contributed by atoms with Gasteiger partial charge >= 0.3 is 12.1 Å². The number of hydrogen-bond donors (Lipinski definition) is 4. The monoisotopic (exact) mass is 482 g/mol. The van der Waals surface area contributed by atoms with Gasteiger partial charge in [-0.3, -0.25) is 0 Å². The van der Waals surface area contributed by atoms with Crippen LogP contribution in [0, 0.1) is 0 Å². The maximum atomic E-state index is 12.1. The second-order valence-electron chi connectivity index (χ2n) is 8.91. The Balaban J connectivity index is 1.03. The normalized spacial score (nSPS) is 10.8. The van der Waals surface area contributed by atoms with E-state index in [0.717, 1.165) is 47.6 Å². The molecule has 0 unspecified atom stereocenters. The van der Waals surface area contributed by atoms with Crippen LogP contribution in [0.2, 0.25) is 0 Å². The Bertz CT molecular complexity index is 1190. The van der Waals surface area contributed by atoms with E-state index in [1.54, 1.807) is 0 Å². The average molecular weight is 483 g/mol. The van der Waals surface area contributed by atoms with Crippen LogP contribution in [0.25, 0.3) is 21.5 Å². The molecule has 0 fully saturated rings. The largest absolute Gasteiger partial charge is 0.338 e. The molecule has 0 bridgehead atoms. The molecule has 4 N–H and O–H groups in total. The third-order valence-corrected chi connectivity index (χ3v) is 6.31. The Morgan fingerprint density at radius 3 is 1.36 bits per heavy atom. The summed E-state index contributed by atoms with van der Waals surface area (Å²) in [6, 6.07) is 28.3. The molecular formula is C30H34N4O2. The number of hydrogen-bond acceptors (Lipinski definition) is 2. The minimum absolute atomic E-state index is 0.146. The molecule has 186 valence electrons. The van der Waals surface area contributed by atoms with E-state index in [9.17, 15) is 9.59 Å². The van der Waals surface area contributed by atoms with E-state index in [-0.39, 0.29) is 12.1 Å².